The molecule has 0 spiro atoms. The number of aromatic nitrogens is 4. The van der Waals surface area contributed by atoms with E-state index in [1.165, 1.54) is 18.4 Å². The van der Waals surface area contributed by atoms with Crippen LogP contribution in [0.3, 0.4) is 0 Å². The normalized spacial score (nSPS) is 16.0. The molecule has 1 aromatic carbocycles. The molecule has 1 fully saturated rings. The van der Waals surface area contributed by atoms with E-state index in [9.17, 15) is 0 Å². The first-order valence-electron chi connectivity index (χ1n) is 8.66. The Balaban J connectivity index is 1.80. The van der Waals surface area contributed by atoms with Crippen LogP contribution in [-0.4, -0.2) is 32.7 Å². The van der Waals surface area contributed by atoms with Crippen LogP contribution in [0.5, 0.6) is 0 Å². The van der Waals surface area contributed by atoms with E-state index >= 15 is 0 Å². The number of rotatable bonds is 2. The van der Waals surface area contributed by atoms with Gasteiger partial charge in [-0.1, -0.05) is 30.7 Å². The zero-order valence-corrected chi connectivity index (χ0v) is 14.5. The third-order valence-electron chi connectivity index (χ3n) is 4.81. The lowest BCUT2D eigenvalue weighted by atomic mass is 9.99. The molecule has 0 saturated carbocycles. The van der Waals surface area contributed by atoms with E-state index in [-0.39, 0.29) is 0 Å². The summed E-state index contributed by atoms with van der Waals surface area (Å²) in [4.78, 5) is 11.7. The van der Waals surface area contributed by atoms with Gasteiger partial charge in [0.1, 0.15) is 5.82 Å². The number of hydrogen-bond acceptors (Lipinski definition) is 4. The van der Waals surface area contributed by atoms with Crippen LogP contribution < -0.4 is 4.90 Å². The molecule has 1 aliphatic heterocycles. The molecule has 0 radical (unpaired) electrons. The first kappa shape index (κ1) is 15.1. The van der Waals surface area contributed by atoms with Crippen LogP contribution in [0.15, 0.2) is 30.3 Å². The Morgan fingerprint density at radius 3 is 2.58 bits per heavy atom. The minimum Gasteiger partial charge on any atom is -0.356 e. The molecule has 3 aromatic rings. The van der Waals surface area contributed by atoms with Crippen LogP contribution in [0.25, 0.3) is 17.2 Å². The molecule has 5 heteroatoms. The highest BCUT2D eigenvalue weighted by Crippen LogP contribution is 2.25. The van der Waals surface area contributed by atoms with Crippen LogP contribution in [-0.2, 0) is 0 Å². The molecule has 0 aliphatic carbocycles. The summed E-state index contributed by atoms with van der Waals surface area (Å²) >= 11 is 0. The van der Waals surface area contributed by atoms with E-state index in [2.05, 4.69) is 53.0 Å². The van der Waals surface area contributed by atoms with Crippen molar-refractivity contribution in [1.82, 2.24) is 19.6 Å². The molecule has 124 valence electrons. The highest BCUT2D eigenvalue weighted by molar-refractivity contribution is 5.59. The van der Waals surface area contributed by atoms with E-state index in [0.29, 0.717) is 5.78 Å². The summed E-state index contributed by atoms with van der Waals surface area (Å²) in [6.45, 7) is 8.58. The smallest absolute Gasteiger partial charge is 0.254 e. The van der Waals surface area contributed by atoms with Gasteiger partial charge in [-0.05, 0) is 38.7 Å². The Morgan fingerprint density at radius 2 is 1.83 bits per heavy atom. The average Bonchev–Trinajstić information content (AvgIpc) is 2.99. The van der Waals surface area contributed by atoms with E-state index in [1.54, 1.807) is 0 Å². The van der Waals surface area contributed by atoms with Crippen molar-refractivity contribution in [1.29, 1.82) is 0 Å². The van der Waals surface area contributed by atoms with Crippen molar-refractivity contribution in [3.05, 3.63) is 41.6 Å². The quantitative estimate of drug-likeness (QED) is 0.723. The lowest BCUT2D eigenvalue weighted by Gasteiger charge is -2.31. The van der Waals surface area contributed by atoms with E-state index in [0.717, 1.165) is 41.9 Å². The summed E-state index contributed by atoms with van der Waals surface area (Å²) in [5.74, 6) is 3.33. The topological polar surface area (TPSA) is 46.3 Å². The van der Waals surface area contributed by atoms with Gasteiger partial charge >= 0.3 is 0 Å². The van der Waals surface area contributed by atoms with Gasteiger partial charge in [0, 0.05) is 30.4 Å². The SMILES string of the molecule is Cc1cccc(-c2nc3nc(C)cc(N4CCC(C)CC4)n3n2)c1. The Bertz CT molecular complexity index is 875. The van der Waals surface area contributed by atoms with Crippen molar-refractivity contribution in [3.63, 3.8) is 0 Å². The molecule has 0 amide bonds. The molecule has 2 aromatic heterocycles. The van der Waals surface area contributed by atoms with E-state index in [4.69, 9.17) is 5.10 Å². The lowest BCUT2D eigenvalue weighted by Crippen LogP contribution is -2.34. The van der Waals surface area contributed by atoms with Gasteiger partial charge < -0.3 is 4.90 Å². The monoisotopic (exact) mass is 321 g/mol. The molecular weight excluding hydrogens is 298 g/mol. The maximum Gasteiger partial charge on any atom is 0.254 e. The fourth-order valence-electron chi connectivity index (χ4n) is 3.34. The van der Waals surface area contributed by atoms with Crippen molar-refractivity contribution >= 4 is 11.6 Å². The number of fused-ring (bicyclic) bond motifs is 1. The number of anilines is 1. The van der Waals surface area contributed by atoms with Gasteiger partial charge in [0.2, 0.25) is 0 Å². The van der Waals surface area contributed by atoms with E-state index < -0.39 is 0 Å². The van der Waals surface area contributed by atoms with Crippen LogP contribution in [0.2, 0.25) is 0 Å². The molecule has 1 saturated heterocycles. The summed E-state index contributed by atoms with van der Waals surface area (Å²) in [6.07, 6.45) is 2.45. The number of nitrogens with zero attached hydrogens (tertiary/aromatic N) is 5. The molecule has 4 rings (SSSR count). The summed E-state index contributed by atoms with van der Waals surface area (Å²) in [6, 6.07) is 10.4. The van der Waals surface area contributed by atoms with Crippen LogP contribution in [0, 0.1) is 19.8 Å². The zero-order valence-electron chi connectivity index (χ0n) is 14.5. The maximum absolute atomic E-state index is 4.76. The molecular formula is C19H23N5. The first-order valence-corrected chi connectivity index (χ1v) is 8.66. The van der Waals surface area contributed by atoms with Gasteiger partial charge in [0.25, 0.3) is 5.78 Å². The van der Waals surface area contributed by atoms with Crippen molar-refractivity contribution in [2.45, 2.75) is 33.6 Å². The van der Waals surface area contributed by atoms with Gasteiger partial charge in [-0.2, -0.15) is 9.50 Å². The van der Waals surface area contributed by atoms with Crippen molar-refractivity contribution in [2.75, 3.05) is 18.0 Å². The summed E-state index contributed by atoms with van der Waals surface area (Å²) in [5.41, 5.74) is 3.23. The highest BCUT2D eigenvalue weighted by atomic mass is 15.4. The van der Waals surface area contributed by atoms with Gasteiger partial charge in [0.05, 0.1) is 0 Å². The second-order valence-electron chi connectivity index (χ2n) is 6.94. The molecule has 5 nitrogen and oxygen atoms in total. The van der Waals surface area contributed by atoms with Crippen molar-refractivity contribution in [3.8, 4) is 11.4 Å². The second kappa shape index (κ2) is 5.89. The Hall–Kier alpha value is -2.43. The standard InChI is InChI=1S/C19H23N5/c1-13-7-9-23(10-8-13)17-12-15(3)20-19-21-18(22-24(17)19)16-6-4-5-14(2)11-16/h4-6,11-13H,7-10H2,1-3H3. The molecule has 1 aliphatic rings. The zero-order chi connectivity index (χ0) is 16.7. The third kappa shape index (κ3) is 2.75. The van der Waals surface area contributed by atoms with Crippen molar-refractivity contribution < 1.29 is 0 Å². The molecule has 0 unspecified atom stereocenters. The Labute approximate surface area is 142 Å². The summed E-state index contributed by atoms with van der Waals surface area (Å²) in [7, 11) is 0. The lowest BCUT2D eigenvalue weighted by molar-refractivity contribution is 0.435. The maximum atomic E-state index is 4.76. The summed E-state index contributed by atoms with van der Waals surface area (Å²) < 4.78 is 1.90. The summed E-state index contributed by atoms with van der Waals surface area (Å²) in [5, 5.41) is 4.76. The minimum atomic E-state index is 0.681. The number of aryl methyl sites for hydroxylation is 2. The van der Waals surface area contributed by atoms with Crippen LogP contribution >= 0.6 is 0 Å². The molecule has 0 bridgehead atoms. The van der Waals surface area contributed by atoms with E-state index in [1.807, 2.05) is 17.5 Å². The van der Waals surface area contributed by atoms with Gasteiger partial charge in [-0.15, -0.1) is 5.10 Å². The van der Waals surface area contributed by atoms with Crippen LogP contribution in [0.1, 0.15) is 31.0 Å². The molecule has 3 heterocycles. The molecule has 0 N–H and O–H groups in total. The number of piperidine rings is 1. The Morgan fingerprint density at radius 1 is 1.04 bits per heavy atom. The van der Waals surface area contributed by atoms with Gasteiger partial charge in [0.15, 0.2) is 5.82 Å². The highest BCUT2D eigenvalue weighted by Gasteiger charge is 2.20. The third-order valence-corrected chi connectivity index (χ3v) is 4.81. The first-order chi connectivity index (χ1) is 11.6. The largest absolute Gasteiger partial charge is 0.356 e. The van der Waals surface area contributed by atoms with Crippen molar-refractivity contribution in [2.24, 2.45) is 5.92 Å². The molecule has 24 heavy (non-hydrogen) atoms. The number of benzene rings is 1. The predicted molar refractivity (Wildman–Crippen MR) is 96.3 cm³/mol. The average molecular weight is 321 g/mol. The second-order valence-corrected chi connectivity index (χ2v) is 6.94. The van der Waals surface area contributed by atoms with Crippen LogP contribution in [0.4, 0.5) is 5.82 Å². The predicted octanol–water partition coefficient (Wildman–Crippen LogP) is 3.64. The van der Waals surface area contributed by atoms with Gasteiger partial charge in [-0.25, -0.2) is 4.98 Å². The minimum absolute atomic E-state index is 0.681. The molecule has 0 atom stereocenters. The fraction of sp³-hybridized carbons (Fsp3) is 0.421. The van der Waals surface area contributed by atoms with Gasteiger partial charge in [-0.3, -0.25) is 0 Å². The number of hydrogen-bond donors (Lipinski definition) is 0. The fourth-order valence-corrected chi connectivity index (χ4v) is 3.34. The Kier molecular flexibility index (Phi) is 3.71.